The van der Waals surface area contributed by atoms with Crippen molar-refractivity contribution in [2.45, 2.75) is 6.42 Å². The molecule has 6 nitrogen and oxygen atoms in total. The van der Waals surface area contributed by atoms with Crippen molar-refractivity contribution in [2.75, 3.05) is 6.54 Å². The first-order valence-corrected chi connectivity index (χ1v) is 6.92. The van der Waals surface area contributed by atoms with Crippen LogP contribution in [-0.2, 0) is 6.42 Å². The Hall–Kier alpha value is -3.09. The number of carbonyl (C=O) groups is 1. The lowest BCUT2D eigenvalue weighted by Gasteiger charge is -2.05. The van der Waals surface area contributed by atoms with Gasteiger partial charge in [-0.3, -0.25) is 0 Å². The zero-order valence-electron chi connectivity index (χ0n) is 12.0. The molecule has 0 atom stereocenters. The maximum Gasteiger partial charge on any atom is 0.414 e. The minimum absolute atomic E-state index is 0.0137. The van der Waals surface area contributed by atoms with Crippen molar-refractivity contribution in [1.29, 1.82) is 0 Å². The molecule has 0 spiro atoms. The molecule has 7 heteroatoms. The summed E-state index contributed by atoms with van der Waals surface area (Å²) in [5.74, 6) is 0.540. The number of ether oxygens (including phenoxy) is 1. The lowest BCUT2D eigenvalue weighted by Crippen LogP contribution is -2.29. The van der Waals surface area contributed by atoms with Gasteiger partial charge in [0.1, 0.15) is 5.82 Å². The van der Waals surface area contributed by atoms with Crippen LogP contribution in [0.4, 0.5) is 9.18 Å². The van der Waals surface area contributed by atoms with Crippen molar-refractivity contribution in [1.82, 2.24) is 10.5 Å². The molecule has 3 rings (SSSR count). The Kier molecular flexibility index (Phi) is 4.37. The number of hydrogen-bond donors (Lipinski definition) is 1. The molecule has 1 amide bonds. The fraction of sp³-hybridized carbons (Fsp3) is 0.125. The van der Waals surface area contributed by atoms with Crippen molar-refractivity contribution in [3.05, 3.63) is 60.1 Å². The third-order valence-electron chi connectivity index (χ3n) is 3.07. The van der Waals surface area contributed by atoms with Crippen LogP contribution in [0.15, 0.2) is 57.7 Å². The Morgan fingerprint density at radius 2 is 2.09 bits per heavy atom. The molecule has 0 saturated heterocycles. The quantitative estimate of drug-likeness (QED) is 0.780. The summed E-state index contributed by atoms with van der Waals surface area (Å²) in [5, 5.41) is 6.13. The van der Waals surface area contributed by atoms with E-state index < -0.39 is 6.09 Å². The highest BCUT2D eigenvalue weighted by Gasteiger charge is 2.13. The maximum atomic E-state index is 13.4. The molecule has 1 N–H and O–H groups in total. The monoisotopic (exact) mass is 316 g/mol. The number of hydrogen-bond acceptors (Lipinski definition) is 5. The standard InChI is InChI=1S/C16H13FN2O4/c17-12-5-2-1-4-11(12)7-8-18-16(20)22-15-10-14(23-19-15)13-6-3-9-21-13/h1-6,9-10H,7-8H2,(H,18,20). The minimum Gasteiger partial charge on any atom is -0.461 e. The molecule has 2 heterocycles. The van der Waals surface area contributed by atoms with E-state index >= 15 is 0 Å². The van der Waals surface area contributed by atoms with Gasteiger partial charge in [-0.2, -0.15) is 0 Å². The largest absolute Gasteiger partial charge is 0.461 e. The van der Waals surface area contributed by atoms with E-state index in [2.05, 4.69) is 10.5 Å². The zero-order valence-corrected chi connectivity index (χ0v) is 12.0. The van der Waals surface area contributed by atoms with Gasteiger partial charge in [-0.05, 0) is 35.3 Å². The highest BCUT2D eigenvalue weighted by atomic mass is 19.1. The van der Waals surface area contributed by atoms with Gasteiger partial charge in [0.15, 0.2) is 5.76 Å². The van der Waals surface area contributed by atoms with Crippen molar-refractivity contribution >= 4 is 6.09 Å². The Bertz CT molecular complexity index is 783. The maximum absolute atomic E-state index is 13.4. The number of amides is 1. The van der Waals surface area contributed by atoms with E-state index in [1.54, 1.807) is 30.3 Å². The molecule has 2 aromatic heterocycles. The third kappa shape index (κ3) is 3.76. The molecule has 0 bridgehead atoms. The van der Waals surface area contributed by atoms with Crippen molar-refractivity contribution in [3.8, 4) is 17.4 Å². The van der Waals surface area contributed by atoms with Crippen molar-refractivity contribution in [3.63, 3.8) is 0 Å². The van der Waals surface area contributed by atoms with Gasteiger partial charge in [0, 0.05) is 6.54 Å². The molecule has 0 unspecified atom stereocenters. The summed E-state index contributed by atoms with van der Waals surface area (Å²) in [6, 6.07) is 11.2. The number of nitrogens with one attached hydrogen (secondary N) is 1. The van der Waals surface area contributed by atoms with Crippen molar-refractivity contribution in [2.24, 2.45) is 0 Å². The number of nitrogens with zero attached hydrogens (tertiary/aromatic N) is 1. The second kappa shape index (κ2) is 6.78. The number of halogens is 1. The van der Waals surface area contributed by atoms with Crippen LogP contribution in [0.5, 0.6) is 5.88 Å². The van der Waals surface area contributed by atoms with E-state index in [0.717, 1.165) is 0 Å². The summed E-state index contributed by atoms with van der Waals surface area (Å²) in [5.41, 5.74) is 0.523. The van der Waals surface area contributed by atoms with Gasteiger partial charge in [0.2, 0.25) is 5.76 Å². The number of rotatable bonds is 5. The predicted octanol–water partition coefficient (Wildman–Crippen LogP) is 3.40. The van der Waals surface area contributed by atoms with E-state index in [0.29, 0.717) is 23.5 Å². The van der Waals surface area contributed by atoms with Crippen LogP contribution in [0.2, 0.25) is 0 Å². The number of furan rings is 1. The van der Waals surface area contributed by atoms with Gasteiger partial charge in [0.05, 0.1) is 12.3 Å². The third-order valence-corrected chi connectivity index (χ3v) is 3.07. The first kappa shape index (κ1) is 14.8. The van der Waals surface area contributed by atoms with Crippen molar-refractivity contribution < 1.29 is 22.9 Å². The van der Waals surface area contributed by atoms with Gasteiger partial charge in [-0.15, -0.1) is 0 Å². The summed E-state index contributed by atoms with van der Waals surface area (Å²) in [6.07, 6.45) is 1.16. The van der Waals surface area contributed by atoms with Crippen LogP contribution in [0.1, 0.15) is 5.56 Å². The van der Waals surface area contributed by atoms with Crippen LogP contribution in [-0.4, -0.2) is 17.8 Å². The normalized spacial score (nSPS) is 10.5. The second-order valence-corrected chi connectivity index (χ2v) is 4.66. The minimum atomic E-state index is -0.694. The number of benzene rings is 1. The molecule has 23 heavy (non-hydrogen) atoms. The Labute approximate surface area is 130 Å². The zero-order chi connectivity index (χ0) is 16.1. The molecule has 0 fully saturated rings. The Morgan fingerprint density at radius 1 is 1.22 bits per heavy atom. The van der Waals surface area contributed by atoms with Crippen LogP contribution in [0.25, 0.3) is 11.5 Å². The summed E-state index contributed by atoms with van der Waals surface area (Å²) < 4.78 is 28.5. The van der Waals surface area contributed by atoms with Crippen LogP contribution < -0.4 is 10.1 Å². The smallest absolute Gasteiger partial charge is 0.414 e. The Balaban J connectivity index is 1.49. The van der Waals surface area contributed by atoms with E-state index in [9.17, 15) is 9.18 Å². The van der Waals surface area contributed by atoms with E-state index in [1.807, 2.05) is 0 Å². The first-order chi connectivity index (χ1) is 11.2. The number of aromatic nitrogens is 1. The van der Waals surface area contributed by atoms with Crippen LogP contribution in [0.3, 0.4) is 0 Å². The molecule has 118 valence electrons. The highest BCUT2D eigenvalue weighted by molar-refractivity contribution is 5.70. The fourth-order valence-corrected chi connectivity index (χ4v) is 1.97. The molecule has 1 aromatic carbocycles. The summed E-state index contributed by atoms with van der Waals surface area (Å²) in [6.45, 7) is 0.239. The second-order valence-electron chi connectivity index (χ2n) is 4.66. The van der Waals surface area contributed by atoms with Crippen LogP contribution in [0, 0.1) is 5.82 Å². The molecule has 3 aromatic rings. The van der Waals surface area contributed by atoms with E-state index in [4.69, 9.17) is 13.7 Å². The van der Waals surface area contributed by atoms with Gasteiger partial charge in [-0.25, -0.2) is 9.18 Å². The highest BCUT2D eigenvalue weighted by Crippen LogP contribution is 2.23. The summed E-state index contributed by atoms with van der Waals surface area (Å²) >= 11 is 0. The van der Waals surface area contributed by atoms with Gasteiger partial charge in [0.25, 0.3) is 5.88 Å². The SMILES string of the molecule is O=C(NCCc1ccccc1F)Oc1cc(-c2ccco2)on1. The lowest BCUT2D eigenvalue weighted by molar-refractivity contribution is 0.196. The summed E-state index contributed by atoms with van der Waals surface area (Å²) in [4.78, 5) is 11.7. The fourth-order valence-electron chi connectivity index (χ4n) is 1.97. The lowest BCUT2D eigenvalue weighted by atomic mass is 10.1. The molecule has 0 radical (unpaired) electrons. The average Bonchev–Trinajstić information content (AvgIpc) is 3.20. The molecule has 0 saturated carbocycles. The average molecular weight is 316 g/mol. The van der Waals surface area contributed by atoms with Gasteiger partial charge < -0.3 is 19.0 Å². The topological polar surface area (TPSA) is 77.5 Å². The molecule has 0 aliphatic rings. The molecule has 0 aliphatic heterocycles. The van der Waals surface area contributed by atoms with Gasteiger partial charge in [-0.1, -0.05) is 18.2 Å². The van der Waals surface area contributed by atoms with Gasteiger partial charge >= 0.3 is 6.09 Å². The van der Waals surface area contributed by atoms with Crippen LogP contribution >= 0.6 is 0 Å². The number of carbonyl (C=O) groups excluding carboxylic acids is 1. The predicted molar refractivity (Wildman–Crippen MR) is 78.3 cm³/mol. The molecule has 0 aliphatic carbocycles. The van der Waals surface area contributed by atoms with E-state index in [1.165, 1.54) is 18.4 Å². The van der Waals surface area contributed by atoms with E-state index in [-0.39, 0.29) is 18.2 Å². The first-order valence-electron chi connectivity index (χ1n) is 6.92. The molecular weight excluding hydrogens is 303 g/mol. The molecular formula is C16H13FN2O4. The Morgan fingerprint density at radius 3 is 2.87 bits per heavy atom. The summed E-state index contributed by atoms with van der Waals surface area (Å²) in [7, 11) is 0.